The van der Waals surface area contributed by atoms with E-state index in [1.807, 2.05) is 42.5 Å². The Morgan fingerprint density at radius 2 is 1.58 bits per heavy atom. The van der Waals surface area contributed by atoms with Gasteiger partial charge in [0.15, 0.2) is 0 Å². The lowest BCUT2D eigenvalue weighted by Crippen LogP contribution is -2.29. The summed E-state index contributed by atoms with van der Waals surface area (Å²) in [6, 6.07) is 19.9. The monoisotopic (exact) mass is 419 g/mol. The Bertz CT molecular complexity index is 1170. The normalized spacial score (nSPS) is 16.2. The fourth-order valence-corrected chi connectivity index (χ4v) is 3.47. The molecule has 0 radical (unpaired) electrons. The average molecular weight is 419 g/mol. The van der Waals surface area contributed by atoms with Crippen LogP contribution in [-0.4, -0.2) is 22.6 Å². The molecular weight excluding hydrogens is 397 g/mol. The van der Waals surface area contributed by atoms with Gasteiger partial charge in [-0.3, -0.25) is 4.79 Å². The third kappa shape index (κ3) is 4.91. The first-order valence-electron chi connectivity index (χ1n) is 9.94. The van der Waals surface area contributed by atoms with Gasteiger partial charge in [0.25, 0.3) is 5.91 Å². The lowest BCUT2D eigenvalue weighted by atomic mass is 10.1. The molecule has 1 amide bonds. The number of carbonyl (C=O) groups is 2. The van der Waals surface area contributed by atoms with Crippen molar-refractivity contribution >= 4 is 22.6 Å². The van der Waals surface area contributed by atoms with Gasteiger partial charge in [-0.2, -0.15) is 0 Å². The lowest BCUT2D eigenvalue weighted by molar-refractivity contribution is -0.159. The first-order valence-corrected chi connectivity index (χ1v) is 9.94. The van der Waals surface area contributed by atoms with Crippen LogP contribution in [-0.2, 0) is 32.2 Å². The summed E-state index contributed by atoms with van der Waals surface area (Å²) in [4.78, 5) is 26.7. The van der Waals surface area contributed by atoms with Gasteiger partial charge < -0.3 is 14.4 Å². The van der Waals surface area contributed by atoms with Crippen LogP contribution in [0.15, 0.2) is 78.6 Å². The molecule has 5 nitrogen and oxygen atoms in total. The lowest BCUT2D eigenvalue weighted by Gasteiger charge is -2.22. The molecule has 1 aliphatic heterocycles. The van der Waals surface area contributed by atoms with E-state index in [1.165, 1.54) is 12.1 Å². The highest BCUT2D eigenvalue weighted by molar-refractivity contribution is 5.98. The van der Waals surface area contributed by atoms with Crippen molar-refractivity contribution in [1.29, 1.82) is 0 Å². The van der Waals surface area contributed by atoms with E-state index in [1.54, 1.807) is 30.9 Å². The number of benzene rings is 3. The predicted octanol–water partition coefficient (Wildman–Crippen LogP) is 4.70. The van der Waals surface area contributed by atoms with Crippen molar-refractivity contribution in [2.45, 2.75) is 32.7 Å². The summed E-state index contributed by atoms with van der Waals surface area (Å²) in [7, 11) is 0. The molecule has 4 rings (SSSR count). The number of rotatable bonds is 5. The molecule has 158 valence electrons. The van der Waals surface area contributed by atoms with Gasteiger partial charge in [0, 0.05) is 26.9 Å². The van der Waals surface area contributed by atoms with Gasteiger partial charge in [-0.1, -0.05) is 48.5 Å². The van der Waals surface area contributed by atoms with E-state index in [0.29, 0.717) is 6.54 Å². The highest BCUT2D eigenvalue weighted by Gasteiger charge is 2.38. The highest BCUT2D eigenvalue weighted by atomic mass is 19.1. The van der Waals surface area contributed by atoms with E-state index < -0.39 is 17.7 Å². The number of hydrogen-bond acceptors (Lipinski definition) is 4. The molecule has 0 aliphatic carbocycles. The second-order valence-corrected chi connectivity index (χ2v) is 7.90. The Labute approximate surface area is 179 Å². The van der Waals surface area contributed by atoms with Crippen molar-refractivity contribution in [3.8, 4) is 0 Å². The van der Waals surface area contributed by atoms with Gasteiger partial charge in [-0.05, 0) is 40.1 Å². The Morgan fingerprint density at radius 1 is 0.935 bits per heavy atom. The minimum Gasteiger partial charge on any atom is -0.445 e. The third-order valence-corrected chi connectivity index (χ3v) is 4.94. The Hall–Kier alpha value is -3.67. The van der Waals surface area contributed by atoms with Crippen molar-refractivity contribution in [2.75, 3.05) is 0 Å². The van der Waals surface area contributed by atoms with Crippen molar-refractivity contribution < 1.29 is 23.5 Å². The van der Waals surface area contributed by atoms with E-state index in [4.69, 9.17) is 9.47 Å². The van der Waals surface area contributed by atoms with Crippen molar-refractivity contribution in [2.24, 2.45) is 0 Å². The second-order valence-electron chi connectivity index (χ2n) is 7.90. The number of amides is 1. The van der Waals surface area contributed by atoms with Crippen LogP contribution in [0.1, 0.15) is 25.0 Å². The fraction of sp³-hybridized carbons (Fsp3) is 0.200. The molecule has 31 heavy (non-hydrogen) atoms. The number of fused-ring (bicyclic) bond motifs is 1. The molecule has 0 unspecified atom stereocenters. The molecule has 1 aliphatic rings. The minimum absolute atomic E-state index is 0.127. The van der Waals surface area contributed by atoms with Crippen LogP contribution in [0.2, 0.25) is 0 Å². The Balaban J connectivity index is 1.62. The standard InChI is InChI=1S/C25H22FNO4/c1-25(2)30-22(24(29)31-25)14-23(28)27(15-17-8-11-21(26)12-9-17)16-18-7-10-19-5-3-4-6-20(19)13-18/h3-14H,15-16H2,1-2H3/b22-14-. The van der Waals surface area contributed by atoms with E-state index in [-0.39, 0.29) is 18.1 Å². The topological polar surface area (TPSA) is 55.8 Å². The predicted molar refractivity (Wildman–Crippen MR) is 114 cm³/mol. The summed E-state index contributed by atoms with van der Waals surface area (Å²) < 4.78 is 23.9. The number of cyclic esters (lactones) is 1. The molecule has 0 spiro atoms. The smallest absolute Gasteiger partial charge is 0.377 e. The van der Waals surface area contributed by atoms with E-state index >= 15 is 0 Å². The molecule has 3 aromatic carbocycles. The van der Waals surface area contributed by atoms with Crippen LogP contribution in [0.3, 0.4) is 0 Å². The maximum absolute atomic E-state index is 13.3. The van der Waals surface area contributed by atoms with Crippen LogP contribution in [0.5, 0.6) is 0 Å². The molecule has 0 N–H and O–H groups in total. The number of halogens is 1. The molecule has 1 fully saturated rings. The SMILES string of the molecule is CC1(C)OC(=O)/C(=C/C(=O)N(Cc2ccc(F)cc2)Cc2ccc3ccccc3c2)O1. The zero-order valence-corrected chi connectivity index (χ0v) is 17.3. The highest BCUT2D eigenvalue weighted by Crippen LogP contribution is 2.26. The van der Waals surface area contributed by atoms with Crippen LogP contribution >= 0.6 is 0 Å². The quantitative estimate of drug-likeness (QED) is 0.444. The van der Waals surface area contributed by atoms with Crippen LogP contribution in [0.25, 0.3) is 10.8 Å². The van der Waals surface area contributed by atoms with Gasteiger partial charge in [0.1, 0.15) is 5.82 Å². The number of ether oxygens (including phenoxy) is 2. The minimum atomic E-state index is -1.11. The van der Waals surface area contributed by atoms with Crippen LogP contribution in [0, 0.1) is 5.82 Å². The van der Waals surface area contributed by atoms with Gasteiger partial charge in [-0.25, -0.2) is 9.18 Å². The molecule has 0 atom stereocenters. The number of carbonyl (C=O) groups excluding carboxylic acids is 2. The first-order chi connectivity index (χ1) is 14.8. The van der Waals surface area contributed by atoms with Crippen molar-refractivity contribution in [1.82, 2.24) is 4.90 Å². The van der Waals surface area contributed by atoms with Crippen molar-refractivity contribution in [3.63, 3.8) is 0 Å². The van der Waals surface area contributed by atoms with Gasteiger partial charge >= 0.3 is 5.97 Å². The zero-order chi connectivity index (χ0) is 22.0. The molecule has 6 heteroatoms. The van der Waals surface area contributed by atoms with Crippen molar-refractivity contribution in [3.05, 3.63) is 95.5 Å². The van der Waals surface area contributed by atoms with E-state index in [0.717, 1.165) is 28.0 Å². The molecule has 0 saturated carbocycles. The van der Waals surface area contributed by atoms with E-state index in [2.05, 4.69) is 0 Å². The summed E-state index contributed by atoms with van der Waals surface area (Å²) in [5, 5.41) is 2.17. The Morgan fingerprint density at radius 3 is 2.26 bits per heavy atom. The summed E-state index contributed by atoms with van der Waals surface area (Å²) >= 11 is 0. The number of nitrogens with zero attached hydrogens (tertiary/aromatic N) is 1. The number of esters is 1. The van der Waals surface area contributed by atoms with Gasteiger partial charge in [0.2, 0.25) is 11.5 Å². The van der Waals surface area contributed by atoms with Crippen LogP contribution < -0.4 is 0 Å². The third-order valence-electron chi connectivity index (χ3n) is 4.94. The molecular formula is C25H22FNO4. The van der Waals surface area contributed by atoms with E-state index in [9.17, 15) is 14.0 Å². The maximum Gasteiger partial charge on any atom is 0.377 e. The van der Waals surface area contributed by atoms with Gasteiger partial charge in [-0.15, -0.1) is 0 Å². The van der Waals surface area contributed by atoms with Crippen LogP contribution in [0.4, 0.5) is 4.39 Å². The molecule has 0 aromatic heterocycles. The zero-order valence-electron chi connectivity index (χ0n) is 17.3. The Kier molecular flexibility index (Phi) is 5.46. The molecule has 1 heterocycles. The second kappa shape index (κ2) is 8.22. The summed E-state index contributed by atoms with van der Waals surface area (Å²) in [6.07, 6.45) is 1.15. The summed E-state index contributed by atoms with van der Waals surface area (Å²) in [6.45, 7) is 3.75. The van der Waals surface area contributed by atoms with Gasteiger partial charge in [0.05, 0.1) is 6.08 Å². The maximum atomic E-state index is 13.3. The fourth-order valence-electron chi connectivity index (χ4n) is 3.47. The summed E-state index contributed by atoms with van der Waals surface area (Å²) in [5.41, 5.74) is 1.70. The first kappa shape index (κ1) is 20.6. The molecule has 1 saturated heterocycles. The summed E-state index contributed by atoms with van der Waals surface area (Å²) in [5.74, 6) is -2.66. The molecule has 3 aromatic rings. The average Bonchev–Trinajstić information content (AvgIpc) is 3.00. The largest absolute Gasteiger partial charge is 0.445 e. The molecule has 0 bridgehead atoms. The number of hydrogen-bond donors (Lipinski definition) is 0.